The minimum Gasteiger partial charge on any atom is -0.493 e. The molecule has 7 nitrogen and oxygen atoms in total. The van der Waals surface area contributed by atoms with Crippen LogP contribution in [0.2, 0.25) is 5.22 Å². The van der Waals surface area contributed by atoms with Gasteiger partial charge in [-0.15, -0.1) is 0 Å². The van der Waals surface area contributed by atoms with Gasteiger partial charge in [0.25, 0.3) is 5.91 Å². The molecule has 0 bridgehead atoms. The van der Waals surface area contributed by atoms with Gasteiger partial charge >= 0.3 is 5.91 Å². The molecule has 0 saturated heterocycles. The molecule has 2 aromatic rings. The highest BCUT2D eigenvalue weighted by atomic mass is 35.5. The molecule has 0 unspecified atom stereocenters. The minimum absolute atomic E-state index is 0.0152. The molecule has 0 aliphatic heterocycles. The van der Waals surface area contributed by atoms with E-state index in [2.05, 4.69) is 10.9 Å². The Bertz CT molecular complexity index is 742. The van der Waals surface area contributed by atoms with E-state index in [1.54, 1.807) is 12.1 Å². The number of benzene rings is 1. The fourth-order valence-corrected chi connectivity index (χ4v) is 1.99. The third kappa shape index (κ3) is 4.42. The smallest absolute Gasteiger partial charge is 0.305 e. The number of carbonyl (C=O) groups is 2. The van der Waals surface area contributed by atoms with E-state index in [1.807, 2.05) is 13.8 Å². The van der Waals surface area contributed by atoms with Gasteiger partial charge in [0.05, 0.1) is 13.2 Å². The Hall–Kier alpha value is -2.67. The van der Waals surface area contributed by atoms with Gasteiger partial charge < -0.3 is 13.9 Å². The van der Waals surface area contributed by atoms with Crippen LogP contribution < -0.4 is 20.3 Å². The maximum atomic E-state index is 12.1. The second-order valence-electron chi connectivity index (χ2n) is 5.04. The average Bonchev–Trinajstić information content (AvgIpc) is 2.98. The summed E-state index contributed by atoms with van der Waals surface area (Å²) in [6, 6.07) is 7.53. The van der Waals surface area contributed by atoms with Crippen LogP contribution in [0.15, 0.2) is 34.7 Å². The Labute approximate surface area is 143 Å². The molecule has 24 heavy (non-hydrogen) atoms. The molecule has 0 aliphatic carbocycles. The van der Waals surface area contributed by atoms with Gasteiger partial charge in [-0.05, 0) is 55.8 Å². The molecule has 0 aliphatic rings. The van der Waals surface area contributed by atoms with E-state index >= 15 is 0 Å². The first-order valence-electron chi connectivity index (χ1n) is 7.11. The van der Waals surface area contributed by atoms with Gasteiger partial charge in [0.2, 0.25) is 0 Å². The van der Waals surface area contributed by atoms with Crippen LogP contribution in [-0.2, 0) is 0 Å². The third-order valence-corrected chi connectivity index (χ3v) is 3.08. The fraction of sp³-hybridized carbons (Fsp3) is 0.250. The zero-order valence-corrected chi connectivity index (χ0v) is 14.1. The maximum Gasteiger partial charge on any atom is 0.305 e. The van der Waals surface area contributed by atoms with Crippen LogP contribution in [0.25, 0.3) is 0 Å². The predicted octanol–water partition coefficient (Wildman–Crippen LogP) is 2.80. The number of halogens is 1. The SMILES string of the molecule is COc1cc(C(=O)NNC(=O)c2ccc(Cl)o2)ccc1OC(C)C. The lowest BCUT2D eigenvalue weighted by molar-refractivity contribution is 0.0831. The van der Waals surface area contributed by atoms with Crippen molar-refractivity contribution < 1.29 is 23.5 Å². The summed E-state index contributed by atoms with van der Waals surface area (Å²) in [6.45, 7) is 3.77. The quantitative estimate of drug-likeness (QED) is 0.807. The molecule has 0 spiro atoms. The monoisotopic (exact) mass is 352 g/mol. The average molecular weight is 353 g/mol. The van der Waals surface area contributed by atoms with E-state index in [1.165, 1.54) is 25.3 Å². The number of amides is 2. The number of hydrazine groups is 1. The molecule has 0 saturated carbocycles. The summed E-state index contributed by atoms with van der Waals surface area (Å²) in [6.07, 6.45) is -0.0296. The summed E-state index contributed by atoms with van der Waals surface area (Å²) < 4.78 is 15.7. The number of hydrogen-bond acceptors (Lipinski definition) is 5. The number of methoxy groups -OCH3 is 1. The lowest BCUT2D eigenvalue weighted by Gasteiger charge is -2.14. The van der Waals surface area contributed by atoms with Crippen molar-refractivity contribution >= 4 is 23.4 Å². The first kappa shape index (κ1) is 17.7. The van der Waals surface area contributed by atoms with Gasteiger partial charge in [-0.2, -0.15) is 0 Å². The van der Waals surface area contributed by atoms with Crippen LogP contribution >= 0.6 is 11.6 Å². The molecule has 8 heteroatoms. The molecule has 1 heterocycles. The van der Waals surface area contributed by atoms with Gasteiger partial charge in [-0.3, -0.25) is 20.4 Å². The molecule has 0 fully saturated rings. The molecule has 128 valence electrons. The third-order valence-electron chi connectivity index (χ3n) is 2.88. The number of rotatable bonds is 5. The highest BCUT2D eigenvalue weighted by Crippen LogP contribution is 2.28. The van der Waals surface area contributed by atoms with E-state index in [0.717, 1.165) is 0 Å². The van der Waals surface area contributed by atoms with Gasteiger partial charge in [0, 0.05) is 5.56 Å². The van der Waals surface area contributed by atoms with Gasteiger partial charge in [-0.25, -0.2) is 0 Å². The summed E-state index contributed by atoms with van der Waals surface area (Å²) in [5.41, 5.74) is 4.80. The maximum absolute atomic E-state index is 12.1. The number of furan rings is 1. The molecule has 1 aromatic carbocycles. The number of nitrogens with one attached hydrogen (secondary N) is 2. The van der Waals surface area contributed by atoms with Crippen LogP contribution in [0.4, 0.5) is 0 Å². The van der Waals surface area contributed by atoms with Crippen molar-refractivity contribution in [2.75, 3.05) is 7.11 Å². The van der Waals surface area contributed by atoms with Crippen molar-refractivity contribution in [1.29, 1.82) is 0 Å². The molecule has 1 aromatic heterocycles. The Kier molecular flexibility index (Phi) is 5.70. The van der Waals surface area contributed by atoms with E-state index < -0.39 is 11.8 Å². The predicted molar refractivity (Wildman–Crippen MR) is 87.4 cm³/mol. The van der Waals surface area contributed by atoms with Crippen LogP contribution in [-0.4, -0.2) is 25.0 Å². The van der Waals surface area contributed by atoms with Gasteiger partial charge in [0.15, 0.2) is 22.5 Å². The molecule has 2 amide bonds. The number of hydrogen-bond donors (Lipinski definition) is 2. The first-order valence-corrected chi connectivity index (χ1v) is 7.49. The molecular formula is C16H17ClN2O5. The van der Waals surface area contributed by atoms with Crippen LogP contribution in [0.5, 0.6) is 11.5 Å². The topological polar surface area (TPSA) is 89.8 Å². The molecule has 2 N–H and O–H groups in total. The molecular weight excluding hydrogens is 336 g/mol. The summed E-state index contributed by atoms with van der Waals surface area (Å²) in [5, 5.41) is 0.0805. The van der Waals surface area contributed by atoms with Crippen molar-refractivity contribution in [2.24, 2.45) is 0 Å². The van der Waals surface area contributed by atoms with Crippen molar-refractivity contribution in [1.82, 2.24) is 10.9 Å². The van der Waals surface area contributed by atoms with Crippen molar-refractivity contribution in [3.05, 3.63) is 46.9 Å². The first-order chi connectivity index (χ1) is 11.4. The molecule has 0 radical (unpaired) electrons. The van der Waals surface area contributed by atoms with Crippen LogP contribution in [0.1, 0.15) is 34.8 Å². The van der Waals surface area contributed by atoms with Crippen LogP contribution in [0, 0.1) is 0 Å². The summed E-state index contributed by atoms with van der Waals surface area (Å²) in [7, 11) is 1.48. The highest BCUT2D eigenvalue weighted by Gasteiger charge is 2.15. The van der Waals surface area contributed by atoms with Crippen molar-refractivity contribution in [3.63, 3.8) is 0 Å². The normalized spacial score (nSPS) is 10.4. The molecule has 0 atom stereocenters. The second kappa shape index (κ2) is 7.74. The molecule has 2 rings (SSSR count). The van der Waals surface area contributed by atoms with E-state index in [-0.39, 0.29) is 17.1 Å². The van der Waals surface area contributed by atoms with Crippen molar-refractivity contribution in [2.45, 2.75) is 20.0 Å². The van der Waals surface area contributed by atoms with Crippen molar-refractivity contribution in [3.8, 4) is 11.5 Å². The minimum atomic E-state index is -0.623. The zero-order valence-electron chi connectivity index (χ0n) is 13.4. The standard InChI is InChI=1S/C16H17ClN2O5/c1-9(2)23-11-5-4-10(8-13(11)22-3)15(20)18-19-16(21)12-6-7-14(17)24-12/h4-9H,1-3H3,(H,18,20)(H,19,21). The second-order valence-corrected chi connectivity index (χ2v) is 5.42. The Balaban J connectivity index is 2.03. The summed E-state index contributed by atoms with van der Waals surface area (Å²) in [5.74, 6) is -0.213. The highest BCUT2D eigenvalue weighted by molar-refractivity contribution is 6.29. The lowest BCUT2D eigenvalue weighted by atomic mass is 10.2. The largest absolute Gasteiger partial charge is 0.493 e. The van der Waals surface area contributed by atoms with E-state index in [0.29, 0.717) is 17.1 Å². The zero-order chi connectivity index (χ0) is 17.7. The lowest BCUT2D eigenvalue weighted by Crippen LogP contribution is -2.41. The Morgan fingerprint density at radius 3 is 2.38 bits per heavy atom. The van der Waals surface area contributed by atoms with E-state index in [4.69, 9.17) is 25.5 Å². The van der Waals surface area contributed by atoms with Gasteiger partial charge in [0.1, 0.15) is 0 Å². The number of ether oxygens (including phenoxy) is 2. The number of carbonyl (C=O) groups excluding carboxylic acids is 2. The van der Waals surface area contributed by atoms with E-state index in [9.17, 15) is 9.59 Å². The Morgan fingerprint density at radius 2 is 1.79 bits per heavy atom. The van der Waals surface area contributed by atoms with Crippen LogP contribution in [0.3, 0.4) is 0 Å². The fourth-order valence-electron chi connectivity index (χ4n) is 1.84. The van der Waals surface area contributed by atoms with Gasteiger partial charge in [-0.1, -0.05) is 0 Å². The Morgan fingerprint density at radius 1 is 1.08 bits per heavy atom. The summed E-state index contributed by atoms with van der Waals surface area (Å²) in [4.78, 5) is 23.9. The summed E-state index contributed by atoms with van der Waals surface area (Å²) >= 11 is 5.59.